The van der Waals surface area contributed by atoms with E-state index >= 15 is 0 Å². The summed E-state index contributed by atoms with van der Waals surface area (Å²) in [5.74, 6) is -0.738. The molecule has 0 saturated carbocycles. The number of hydrogen-bond donors (Lipinski definition) is 1. The van der Waals surface area contributed by atoms with Crippen molar-refractivity contribution in [2.45, 2.75) is 25.3 Å². The SMILES string of the molecule is CC(SCC(=O)Nc1ccc(F)cc1)C(=O)N(C)Cc1ccc(OC(F)F)cc1. The molecule has 0 fully saturated rings. The third-order valence-corrected chi connectivity index (χ3v) is 5.02. The average Bonchev–Trinajstić information content (AvgIpc) is 2.68. The molecule has 1 N–H and O–H groups in total. The molecule has 2 amide bonds. The number of benzene rings is 2. The van der Waals surface area contributed by atoms with Crippen LogP contribution in [-0.2, 0) is 16.1 Å². The second-order valence-corrected chi connectivity index (χ2v) is 7.55. The van der Waals surface area contributed by atoms with Crippen LogP contribution in [0.4, 0.5) is 18.9 Å². The Bertz CT molecular complexity index is 817. The van der Waals surface area contributed by atoms with Crippen molar-refractivity contribution >= 4 is 29.3 Å². The number of carbonyl (C=O) groups excluding carboxylic acids is 2. The zero-order chi connectivity index (χ0) is 21.4. The molecule has 0 aliphatic heterocycles. The molecule has 0 aliphatic carbocycles. The van der Waals surface area contributed by atoms with E-state index in [-0.39, 0.29) is 23.3 Å². The van der Waals surface area contributed by atoms with E-state index < -0.39 is 17.7 Å². The zero-order valence-corrected chi connectivity index (χ0v) is 16.7. The maximum atomic E-state index is 12.9. The molecular weight excluding hydrogens is 405 g/mol. The Morgan fingerprint density at radius 2 is 1.72 bits per heavy atom. The molecule has 0 heterocycles. The molecule has 9 heteroatoms. The number of anilines is 1. The van der Waals surface area contributed by atoms with Gasteiger partial charge in [-0.1, -0.05) is 12.1 Å². The van der Waals surface area contributed by atoms with E-state index in [4.69, 9.17) is 0 Å². The van der Waals surface area contributed by atoms with E-state index in [0.717, 1.165) is 5.56 Å². The smallest absolute Gasteiger partial charge is 0.387 e. The van der Waals surface area contributed by atoms with Gasteiger partial charge in [0, 0.05) is 19.3 Å². The molecule has 1 atom stereocenters. The number of alkyl halides is 2. The number of thioether (sulfide) groups is 1. The quantitative estimate of drug-likeness (QED) is 0.655. The molecule has 156 valence electrons. The van der Waals surface area contributed by atoms with E-state index in [0.29, 0.717) is 12.2 Å². The van der Waals surface area contributed by atoms with Crippen molar-refractivity contribution in [2.75, 3.05) is 18.1 Å². The Balaban J connectivity index is 1.79. The molecule has 0 aromatic heterocycles. The fourth-order valence-corrected chi connectivity index (χ4v) is 3.24. The molecule has 0 bridgehead atoms. The minimum atomic E-state index is -2.89. The Labute approximate surface area is 171 Å². The van der Waals surface area contributed by atoms with Gasteiger partial charge in [0.1, 0.15) is 11.6 Å². The fourth-order valence-electron chi connectivity index (χ4n) is 2.44. The van der Waals surface area contributed by atoms with Crippen LogP contribution in [0, 0.1) is 5.82 Å². The van der Waals surface area contributed by atoms with E-state index in [1.165, 1.54) is 53.1 Å². The topological polar surface area (TPSA) is 58.6 Å². The Kier molecular flexibility index (Phi) is 8.38. The van der Waals surface area contributed by atoms with Crippen LogP contribution < -0.4 is 10.1 Å². The highest BCUT2D eigenvalue weighted by molar-refractivity contribution is 8.01. The number of rotatable bonds is 9. The number of halogens is 3. The molecule has 1 unspecified atom stereocenters. The normalized spacial score (nSPS) is 11.8. The number of nitrogens with one attached hydrogen (secondary N) is 1. The Morgan fingerprint density at radius 3 is 2.31 bits per heavy atom. The highest BCUT2D eigenvalue weighted by Crippen LogP contribution is 2.18. The van der Waals surface area contributed by atoms with Gasteiger partial charge in [0.15, 0.2) is 0 Å². The van der Waals surface area contributed by atoms with Crippen molar-refractivity contribution in [1.82, 2.24) is 4.90 Å². The third kappa shape index (κ3) is 7.69. The van der Waals surface area contributed by atoms with Gasteiger partial charge in [-0.15, -0.1) is 11.8 Å². The molecule has 2 aromatic rings. The van der Waals surface area contributed by atoms with Gasteiger partial charge in [0.05, 0.1) is 11.0 Å². The van der Waals surface area contributed by atoms with Gasteiger partial charge in [-0.2, -0.15) is 8.78 Å². The van der Waals surface area contributed by atoms with Crippen molar-refractivity contribution in [2.24, 2.45) is 0 Å². The van der Waals surface area contributed by atoms with Crippen LogP contribution >= 0.6 is 11.8 Å². The standard InChI is InChI=1S/C20H21F3N2O3S/c1-13(29-12-18(26)24-16-7-5-15(21)6-8-16)19(27)25(2)11-14-3-9-17(10-4-14)28-20(22)23/h3-10,13,20H,11-12H2,1-2H3,(H,24,26). The van der Waals surface area contributed by atoms with Gasteiger partial charge in [0.2, 0.25) is 11.8 Å². The predicted molar refractivity (Wildman–Crippen MR) is 106 cm³/mol. The van der Waals surface area contributed by atoms with Crippen LogP contribution in [0.5, 0.6) is 5.75 Å². The first-order valence-corrected chi connectivity index (χ1v) is 9.75. The lowest BCUT2D eigenvalue weighted by Gasteiger charge is -2.21. The van der Waals surface area contributed by atoms with Crippen LogP contribution in [0.3, 0.4) is 0 Å². The van der Waals surface area contributed by atoms with E-state index in [9.17, 15) is 22.8 Å². The fraction of sp³-hybridized carbons (Fsp3) is 0.300. The first kappa shape index (κ1) is 22.6. The lowest BCUT2D eigenvalue weighted by atomic mass is 10.2. The second-order valence-electron chi connectivity index (χ2n) is 6.23. The van der Waals surface area contributed by atoms with Gasteiger partial charge in [-0.25, -0.2) is 4.39 Å². The molecule has 5 nitrogen and oxygen atoms in total. The maximum absolute atomic E-state index is 12.9. The molecule has 2 rings (SSSR count). The largest absolute Gasteiger partial charge is 0.435 e. The summed E-state index contributed by atoms with van der Waals surface area (Å²) in [6.45, 7) is -0.891. The van der Waals surface area contributed by atoms with Crippen molar-refractivity contribution in [3.8, 4) is 5.75 Å². The van der Waals surface area contributed by atoms with E-state index in [1.807, 2.05) is 0 Å². The van der Waals surface area contributed by atoms with Gasteiger partial charge in [0.25, 0.3) is 0 Å². The lowest BCUT2D eigenvalue weighted by Crippen LogP contribution is -2.33. The maximum Gasteiger partial charge on any atom is 0.387 e. The first-order chi connectivity index (χ1) is 13.7. The van der Waals surface area contributed by atoms with Crippen LogP contribution in [-0.4, -0.2) is 41.4 Å². The molecule has 2 aromatic carbocycles. The predicted octanol–water partition coefficient (Wildman–Crippen LogP) is 4.15. The third-order valence-electron chi connectivity index (χ3n) is 3.88. The van der Waals surface area contributed by atoms with Crippen LogP contribution in [0.15, 0.2) is 48.5 Å². The zero-order valence-electron chi connectivity index (χ0n) is 15.9. The first-order valence-electron chi connectivity index (χ1n) is 8.70. The summed E-state index contributed by atoms with van der Waals surface area (Å²) in [7, 11) is 1.63. The Morgan fingerprint density at radius 1 is 1.10 bits per heavy atom. The number of amides is 2. The van der Waals surface area contributed by atoms with Gasteiger partial charge >= 0.3 is 6.61 Å². The highest BCUT2D eigenvalue weighted by Gasteiger charge is 2.19. The highest BCUT2D eigenvalue weighted by atomic mass is 32.2. The molecule has 0 spiro atoms. The van der Waals surface area contributed by atoms with Gasteiger partial charge in [-0.3, -0.25) is 9.59 Å². The van der Waals surface area contributed by atoms with Crippen molar-refractivity contribution in [3.63, 3.8) is 0 Å². The number of hydrogen-bond acceptors (Lipinski definition) is 4. The summed E-state index contributed by atoms with van der Waals surface area (Å²) in [6, 6.07) is 11.4. The summed E-state index contributed by atoms with van der Waals surface area (Å²) in [6.07, 6.45) is 0. The summed E-state index contributed by atoms with van der Waals surface area (Å²) >= 11 is 1.18. The monoisotopic (exact) mass is 426 g/mol. The second kappa shape index (κ2) is 10.8. The molecular formula is C20H21F3N2O3S. The van der Waals surface area contributed by atoms with Crippen LogP contribution in [0.2, 0.25) is 0 Å². The number of carbonyl (C=O) groups is 2. The lowest BCUT2D eigenvalue weighted by molar-refractivity contribution is -0.129. The van der Waals surface area contributed by atoms with Crippen molar-refractivity contribution in [1.29, 1.82) is 0 Å². The summed E-state index contributed by atoms with van der Waals surface area (Å²) < 4.78 is 41.5. The van der Waals surface area contributed by atoms with E-state index in [1.54, 1.807) is 26.1 Å². The van der Waals surface area contributed by atoms with E-state index in [2.05, 4.69) is 10.1 Å². The Hall–Kier alpha value is -2.68. The molecule has 29 heavy (non-hydrogen) atoms. The molecule has 0 aliphatic rings. The van der Waals surface area contributed by atoms with Gasteiger partial charge < -0.3 is 15.0 Å². The molecule has 0 radical (unpaired) electrons. The minimum Gasteiger partial charge on any atom is -0.435 e. The summed E-state index contributed by atoms with van der Waals surface area (Å²) in [4.78, 5) is 26.0. The number of ether oxygens (including phenoxy) is 1. The summed E-state index contributed by atoms with van der Waals surface area (Å²) in [5, 5.41) is 2.18. The summed E-state index contributed by atoms with van der Waals surface area (Å²) in [5.41, 5.74) is 1.24. The molecule has 0 saturated heterocycles. The van der Waals surface area contributed by atoms with Crippen LogP contribution in [0.25, 0.3) is 0 Å². The average molecular weight is 426 g/mol. The van der Waals surface area contributed by atoms with Crippen molar-refractivity contribution < 1.29 is 27.5 Å². The minimum absolute atomic E-state index is 0.0498. The van der Waals surface area contributed by atoms with Crippen molar-refractivity contribution in [3.05, 3.63) is 59.9 Å². The van der Waals surface area contributed by atoms with Gasteiger partial charge in [-0.05, 0) is 48.9 Å². The van der Waals surface area contributed by atoms with Crippen LogP contribution in [0.1, 0.15) is 12.5 Å². The number of nitrogens with zero attached hydrogens (tertiary/aromatic N) is 1.